The highest BCUT2D eigenvalue weighted by Crippen LogP contribution is 2.61. The Hall–Kier alpha value is -6.58. The van der Waals surface area contributed by atoms with Gasteiger partial charge in [-0.1, -0.05) is 186 Å². The molecule has 14 rings (SSSR count). The zero-order chi connectivity index (χ0) is 51.4. The molecule has 0 aromatic heterocycles. The molecule has 2 nitrogen and oxygen atoms in total. The van der Waals surface area contributed by atoms with Gasteiger partial charge in [-0.3, -0.25) is 0 Å². The maximum Gasteiger partial charge on any atom is 0.333 e. The van der Waals surface area contributed by atoms with Crippen LogP contribution >= 0.6 is 0 Å². The molecule has 0 bridgehead atoms. The fourth-order valence-electron chi connectivity index (χ4n) is 15.4. The molecule has 8 aromatic rings. The van der Waals surface area contributed by atoms with Crippen LogP contribution in [0.5, 0.6) is 0 Å². The molecule has 0 radical (unpaired) electrons. The van der Waals surface area contributed by atoms with E-state index >= 15 is 0 Å². The summed E-state index contributed by atoms with van der Waals surface area (Å²) in [6.07, 6.45) is 4.70. The van der Waals surface area contributed by atoms with E-state index < -0.39 is 0 Å². The van der Waals surface area contributed by atoms with Crippen LogP contribution < -0.4 is 20.6 Å². The van der Waals surface area contributed by atoms with E-state index in [4.69, 9.17) is 0 Å². The minimum Gasteiger partial charge on any atom is -0.376 e. The molecule has 0 saturated carbocycles. The molecule has 368 valence electrons. The number of hydrogen-bond acceptors (Lipinski definition) is 2. The molecule has 0 spiro atoms. The number of benzene rings is 8. The van der Waals surface area contributed by atoms with Crippen molar-refractivity contribution in [1.29, 1.82) is 0 Å². The number of fused-ring (bicyclic) bond motifs is 13. The Morgan fingerprint density at radius 1 is 0.378 bits per heavy atom. The monoisotopic (exact) mass is 963 g/mol. The van der Waals surface area contributed by atoms with Crippen LogP contribution in [0.25, 0.3) is 44.5 Å². The molecule has 0 saturated heterocycles. The summed E-state index contributed by atoms with van der Waals surface area (Å²) in [5.74, 6) is 0. The Bertz CT molecular complexity index is 3770. The average Bonchev–Trinajstić information content (AvgIpc) is 3.81. The van der Waals surface area contributed by atoms with Gasteiger partial charge in [-0.05, 0) is 191 Å². The van der Waals surface area contributed by atoms with Crippen LogP contribution in [0.1, 0.15) is 159 Å². The van der Waals surface area contributed by atoms with Crippen molar-refractivity contribution in [1.82, 2.24) is 0 Å². The number of nitrogens with zero attached hydrogens (tertiary/aromatic N) is 2. The van der Waals surface area contributed by atoms with Crippen LogP contribution in [-0.2, 0) is 32.5 Å². The normalized spacial score (nSPS) is 19.5. The van der Waals surface area contributed by atoms with Gasteiger partial charge in [-0.2, -0.15) is 0 Å². The quantitative estimate of drug-likeness (QED) is 0.163. The highest BCUT2D eigenvalue weighted by molar-refractivity contribution is 6.94. The molecule has 0 amide bonds. The molecule has 0 unspecified atom stereocenters. The van der Waals surface area contributed by atoms with Crippen LogP contribution in [0.3, 0.4) is 0 Å². The SMILES string of the molecule is Cc1cc2c(cc1N1c3cc(-c4ccccc4)ccc3B3c4c(cc5c(c41)-c1ccccc1C5(C)C)-c1cc4c(cc1N3c1ccc3c(c1)C(C)(C)CCC3(C)C)C(C)(C)c1ccccc1-4)C(C)(C)CCC2(C)C. The Morgan fingerprint density at radius 2 is 0.946 bits per heavy atom. The van der Waals surface area contributed by atoms with Crippen molar-refractivity contribution in [3.63, 3.8) is 0 Å². The van der Waals surface area contributed by atoms with Gasteiger partial charge in [0.05, 0.1) is 5.69 Å². The predicted octanol–water partition coefficient (Wildman–Crippen LogP) is 17.7. The van der Waals surface area contributed by atoms with Crippen LogP contribution in [0.4, 0.5) is 28.4 Å². The van der Waals surface area contributed by atoms with Gasteiger partial charge in [0.1, 0.15) is 0 Å². The number of anilines is 5. The lowest BCUT2D eigenvalue weighted by molar-refractivity contribution is 0.332. The minimum absolute atomic E-state index is 0.0297. The van der Waals surface area contributed by atoms with Gasteiger partial charge < -0.3 is 9.71 Å². The lowest BCUT2D eigenvalue weighted by Gasteiger charge is -2.49. The molecule has 2 aliphatic heterocycles. The molecular formula is C71H71BN2. The third kappa shape index (κ3) is 6.07. The summed E-state index contributed by atoms with van der Waals surface area (Å²) in [6.45, 7) is 31.9. The van der Waals surface area contributed by atoms with E-state index in [0.29, 0.717) is 0 Å². The summed E-state index contributed by atoms with van der Waals surface area (Å²) >= 11 is 0. The predicted molar refractivity (Wildman–Crippen MR) is 316 cm³/mol. The van der Waals surface area contributed by atoms with Gasteiger partial charge in [-0.15, -0.1) is 0 Å². The fourth-order valence-corrected chi connectivity index (χ4v) is 15.4. The van der Waals surface area contributed by atoms with E-state index in [0.717, 1.165) is 6.42 Å². The van der Waals surface area contributed by atoms with Crippen molar-refractivity contribution in [3.05, 3.63) is 196 Å². The van der Waals surface area contributed by atoms with Gasteiger partial charge in [0, 0.05) is 44.7 Å². The molecule has 3 heteroatoms. The van der Waals surface area contributed by atoms with E-state index in [1.165, 1.54) is 153 Å². The zero-order valence-electron chi connectivity index (χ0n) is 46.2. The summed E-state index contributed by atoms with van der Waals surface area (Å²) in [5, 5.41) is 0. The molecule has 2 heterocycles. The van der Waals surface area contributed by atoms with Crippen LogP contribution in [0, 0.1) is 6.92 Å². The fraction of sp³-hybridized carbons (Fsp3) is 0.324. The van der Waals surface area contributed by atoms with E-state index in [9.17, 15) is 0 Å². The van der Waals surface area contributed by atoms with Gasteiger partial charge in [0.25, 0.3) is 0 Å². The molecule has 0 atom stereocenters. The summed E-state index contributed by atoms with van der Waals surface area (Å²) in [4.78, 5) is 5.61. The molecule has 74 heavy (non-hydrogen) atoms. The molecule has 8 aromatic carbocycles. The largest absolute Gasteiger partial charge is 0.376 e. The van der Waals surface area contributed by atoms with E-state index in [1.54, 1.807) is 0 Å². The topological polar surface area (TPSA) is 6.48 Å². The number of hydrogen-bond donors (Lipinski definition) is 0. The van der Waals surface area contributed by atoms with Crippen molar-refractivity contribution in [3.8, 4) is 44.5 Å². The zero-order valence-corrected chi connectivity index (χ0v) is 46.2. The van der Waals surface area contributed by atoms with E-state index in [-0.39, 0.29) is 39.3 Å². The van der Waals surface area contributed by atoms with Crippen molar-refractivity contribution in [2.75, 3.05) is 9.71 Å². The maximum atomic E-state index is 2.82. The standard InChI is InChI=1S/C71H71BN2/c1-42-35-55-57(69(8,9)34-33-67(55,4)5)41-60(42)73-62-36-44(43-21-15-14-16-22-43)27-30-59(62)72-64-50(39-58-63(65(64)73)47-24-18-20-26-52(47)71(58,12)13)49-38-48-46-23-17-19-25-51(46)70(10,11)54(48)40-61(49)74(72)45-28-29-53-56(37-45)68(6,7)32-31-66(53,2)3/h14-30,35-41H,31-34H2,1-13H3. The first-order valence-electron chi connectivity index (χ1n) is 27.8. The van der Waals surface area contributed by atoms with Gasteiger partial charge in [0.2, 0.25) is 0 Å². The lowest BCUT2D eigenvalue weighted by atomic mass is 9.42. The number of aryl methyl sites for hydroxylation is 1. The van der Waals surface area contributed by atoms with Gasteiger partial charge in [0.15, 0.2) is 0 Å². The van der Waals surface area contributed by atoms with Crippen LogP contribution in [0.2, 0.25) is 0 Å². The average molecular weight is 963 g/mol. The second kappa shape index (κ2) is 14.8. The summed E-state index contributed by atoms with van der Waals surface area (Å²) in [7, 11) is 0. The Morgan fingerprint density at radius 3 is 1.64 bits per heavy atom. The molecule has 0 N–H and O–H groups in total. The second-order valence-electron chi connectivity index (χ2n) is 27.1. The smallest absolute Gasteiger partial charge is 0.333 e. The minimum atomic E-state index is -0.235. The third-order valence-corrected chi connectivity index (χ3v) is 20.1. The summed E-state index contributed by atoms with van der Waals surface area (Å²) in [6, 6.07) is 58.0. The third-order valence-electron chi connectivity index (χ3n) is 20.1. The molecular weight excluding hydrogens is 892 g/mol. The van der Waals surface area contributed by atoms with Crippen molar-refractivity contribution in [2.24, 2.45) is 0 Å². The molecule has 4 aliphatic carbocycles. The lowest BCUT2D eigenvalue weighted by Crippen LogP contribution is -2.62. The first-order chi connectivity index (χ1) is 35.1. The van der Waals surface area contributed by atoms with Crippen molar-refractivity contribution < 1.29 is 0 Å². The highest BCUT2D eigenvalue weighted by Gasteiger charge is 2.52. The van der Waals surface area contributed by atoms with Crippen molar-refractivity contribution in [2.45, 2.75) is 148 Å². The maximum absolute atomic E-state index is 2.82. The van der Waals surface area contributed by atoms with E-state index in [1.807, 2.05) is 0 Å². The van der Waals surface area contributed by atoms with Crippen LogP contribution in [0.15, 0.2) is 146 Å². The van der Waals surface area contributed by atoms with Crippen molar-refractivity contribution >= 4 is 46.2 Å². The molecule has 0 fully saturated rings. The molecule has 6 aliphatic rings. The van der Waals surface area contributed by atoms with Gasteiger partial charge in [-0.25, -0.2) is 0 Å². The Balaban J connectivity index is 1.17. The summed E-state index contributed by atoms with van der Waals surface area (Å²) in [5.41, 5.74) is 32.6. The second-order valence-corrected chi connectivity index (χ2v) is 27.1. The Labute approximate surface area is 442 Å². The Kier molecular flexibility index (Phi) is 9.22. The first-order valence-corrected chi connectivity index (χ1v) is 27.8. The summed E-state index contributed by atoms with van der Waals surface area (Å²) < 4.78 is 0. The van der Waals surface area contributed by atoms with Gasteiger partial charge >= 0.3 is 6.85 Å². The number of rotatable bonds is 3. The van der Waals surface area contributed by atoms with Crippen LogP contribution in [-0.4, -0.2) is 6.85 Å². The van der Waals surface area contributed by atoms with E-state index in [2.05, 4.69) is 245 Å². The first kappa shape index (κ1) is 46.0. The highest BCUT2D eigenvalue weighted by atomic mass is 15.2.